The van der Waals surface area contributed by atoms with E-state index in [1.54, 1.807) is 24.3 Å². The first-order valence-corrected chi connectivity index (χ1v) is 6.80. The molecule has 3 rings (SSSR count). The van der Waals surface area contributed by atoms with Gasteiger partial charge in [0.1, 0.15) is 0 Å². The standard InChI is InChI=1S/C15H17NO3/c17-11-5-3-4-10(8-11)9-16-14(18)12-6-1-2-7-13(12)15(16)19/h1-2,6-7,10-11,17H,3-5,8-9H2/t10-,11+/m1/s1. The van der Waals surface area contributed by atoms with Crippen LogP contribution in [0.2, 0.25) is 0 Å². The molecule has 1 saturated carbocycles. The Bertz CT molecular complexity index is 491. The molecule has 0 radical (unpaired) electrons. The third kappa shape index (κ3) is 2.16. The second-order valence-electron chi connectivity index (χ2n) is 5.45. The number of carbonyl (C=O) groups excluding carboxylic acids is 2. The van der Waals surface area contributed by atoms with Gasteiger partial charge in [0.15, 0.2) is 0 Å². The van der Waals surface area contributed by atoms with Gasteiger partial charge in [0.2, 0.25) is 0 Å². The Labute approximate surface area is 112 Å². The molecular weight excluding hydrogens is 242 g/mol. The van der Waals surface area contributed by atoms with Gasteiger partial charge in [0.05, 0.1) is 17.2 Å². The smallest absolute Gasteiger partial charge is 0.261 e. The third-order valence-corrected chi connectivity index (χ3v) is 4.07. The summed E-state index contributed by atoms with van der Waals surface area (Å²) in [5.41, 5.74) is 1.01. The highest BCUT2D eigenvalue weighted by atomic mass is 16.3. The summed E-state index contributed by atoms with van der Waals surface area (Å²) in [6, 6.07) is 6.95. The molecule has 4 heteroatoms. The molecule has 1 aromatic carbocycles. The van der Waals surface area contributed by atoms with Crippen LogP contribution in [-0.2, 0) is 0 Å². The highest BCUT2D eigenvalue weighted by Gasteiger charge is 2.36. The Morgan fingerprint density at radius 1 is 1.11 bits per heavy atom. The monoisotopic (exact) mass is 259 g/mol. The summed E-state index contributed by atoms with van der Waals surface area (Å²) in [4.78, 5) is 25.8. The quantitative estimate of drug-likeness (QED) is 0.824. The van der Waals surface area contributed by atoms with Crippen molar-refractivity contribution in [3.63, 3.8) is 0 Å². The second-order valence-corrected chi connectivity index (χ2v) is 5.45. The van der Waals surface area contributed by atoms with Crippen molar-refractivity contribution in [3.05, 3.63) is 35.4 Å². The van der Waals surface area contributed by atoms with E-state index in [1.807, 2.05) is 0 Å². The molecule has 1 aromatic rings. The summed E-state index contributed by atoms with van der Waals surface area (Å²) in [7, 11) is 0. The van der Waals surface area contributed by atoms with Crippen LogP contribution in [0.5, 0.6) is 0 Å². The molecule has 1 N–H and O–H groups in total. The molecule has 2 atom stereocenters. The lowest BCUT2D eigenvalue weighted by Gasteiger charge is -2.28. The highest BCUT2D eigenvalue weighted by Crippen LogP contribution is 2.29. The first-order valence-electron chi connectivity index (χ1n) is 6.80. The summed E-state index contributed by atoms with van der Waals surface area (Å²) >= 11 is 0. The molecule has 1 fully saturated rings. The predicted molar refractivity (Wildman–Crippen MR) is 69.8 cm³/mol. The van der Waals surface area contributed by atoms with E-state index in [4.69, 9.17) is 0 Å². The van der Waals surface area contributed by atoms with Crippen molar-refractivity contribution in [1.29, 1.82) is 0 Å². The summed E-state index contributed by atoms with van der Waals surface area (Å²) in [6.07, 6.45) is 3.18. The van der Waals surface area contributed by atoms with E-state index in [9.17, 15) is 14.7 Å². The number of hydrogen-bond donors (Lipinski definition) is 1. The molecule has 0 aromatic heterocycles. The van der Waals surface area contributed by atoms with E-state index in [1.165, 1.54) is 4.90 Å². The van der Waals surface area contributed by atoms with Gasteiger partial charge < -0.3 is 5.11 Å². The van der Waals surface area contributed by atoms with Gasteiger partial charge in [-0.3, -0.25) is 14.5 Å². The fourth-order valence-electron chi connectivity index (χ4n) is 3.09. The molecule has 0 spiro atoms. The van der Waals surface area contributed by atoms with Crippen molar-refractivity contribution < 1.29 is 14.7 Å². The minimum absolute atomic E-state index is 0.194. The molecule has 0 bridgehead atoms. The normalized spacial score (nSPS) is 26.7. The number of aliphatic hydroxyl groups excluding tert-OH is 1. The summed E-state index contributed by atoms with van der Waals surface area (Å²) < 4.78 is 0. The topological polar surface area (TPSA) is 57.6 Å². The Balaban J connectivity index is 1.77. The average molecular weight is 259 g/mol. The summed E-state index contributed by atoms with van der Waals surface area (Å²) in [6.45, 7) is 0.434. The maximum absolute atomic E-state index is 12.2. The van der Waals surface area contributed by atoms with Crippen molar-refractivity contribution in [2.45, 2.75) is 31.8 Å². The zero-order valence-electron chi connectivity index (χ0n) is 10.7. The van der Waals surface area contributed by atoms with Gasteiger partial charge in [-0.2, -0.15) is 0 Å². The maximum Gasteiger partial charge on any atom is 0.261 e. The van der Waals surface area contributed by atoms with Crippen LogP contribution in [0.15, 0.2) is 24.3 Å². The average Bonchev–Trinajstić information content (AvgIpc) is 2.65. The van der Waals surface area contributed by atoms with Crippen LogP contribution in [0.4, 0.5) is 0 Å². The summed E-state index contributed by atoms with van der Waals surface area (Å²) in [5.74, 6) is -0.160. The van der Waals surface area contributed by atoms with Crippen LogP contribution in [0.25, 0.3) is 0 Å². The number of imide groups is 1. The van der Waals surface area contributed by atoms with Gasteiger partial charge in [0.25, 0.3) is 11.8 Å². The van der Waals surface area contributed by atoms with Crippen LogP contribution in [0, 0.1) is 5.92 Å². The van der Waals surface area contributed by atoms with E-state index in [2.05, 4.69) is 0 Å². The molecule has 19 heavy (non-hydrogen) atoms. The predicted octanol–water partition coefficient (Wildman–Crippen LogP) is 1.83. The first kappa shape index (κ1) is 12.4. The third-order valence-electron chi connectivity index (χ3n) is 4.07. The minimum atomic E-state index is -0.283. The number of fused-ring (bicyclic) bond motifs is 1. The summed E-state index contributed by atoms with van der Waals surface area (Å²) in [5, 5.41) is 9.67. The number of carbonyl (C=O) groups is 2. The van der Waals surface area contributed by atoms with Crippen LogP contribution in [0.1, 0.15) is 46.4 Å². The SMILES string of the molecule is O=C1c2ccccc2C(=O)N1C[C@@H]1CCC[C@H](O)C1. The van der Waals surface area contributed by atoms with Gasteiger partial charge in [-0.1, -0.05) is 18.6 Å². The van der Waals surface area contributed by atoms with Gasteiger partial charge in [-0.15, -0.1) is 0 Å². The Hall–Kier alpha value is -1.68. The van der Waals surface area contributed by atoms with Crippen LogP contribution < -0.4 is 0 Å². The zero-order valence-corrected chi connectivity index (χ0v) is 10.7. The van der Waals surface area contributed by atoms with Crippen molar-refractivity contribution >= 4 is 11.8 Å². The van der Waals surface area contributed by atoms with E-state index in [0.29, 0.717) is 24.1 Å². The van der Waals surface area contributed by atoms with E-state index < -0.39 is 0 Å². The lowest BCUT2D eigenvalue weighted by atomic mass is 9.87. The zero-order chi connectivity index (χ0) is 13.4. The molecule has 1 aliphatic carbocycles. The molecule has 1 heterocycles. The van der Waals surface area contributed by atoms with Gasteiger partial charge in [-0.25, -0.2) is 0 Å². The lowest BCUT2D eigenvalue weighted by molar-refractivity contribution is 0.0541. The number of aliphatic hydroxyl groups is 1. The molecule has 1 aliphatic heterocycles. The van der Waals surface area contributed by atoms with Gasteiger partial charge in [-0.05, 0) is 37.3 Å². The molecular formula is C15H17NO3. The van der Waals surface area contributed by atoms with Crippen molar-refractivity contribution in [3.8, 4) is 0 Å². The Morgan fingerprint density at radius 3 is 2.32 bits per heavy atom. The van der Waals surface area contributed by atoms with Crippen molar-refractivity contribution in [2.24, 2.45) is 5.92 Å². The molecule has 0 unspecified atom stereocenters. The van der Waals surface area contributed by atoms with Crippen LogP contribution in [0.3, 0.4) is 0 Å². The number of amides is 2. The van der Waals surface area contributed by atoms with E-state index in [-0.39, 0.29) is 23.8 Å². The second kappa shape index (κ2) is 4.78. The minimum Gasteiger partial charge on any atom is -0.393 e. The van der Waals surface area contributed by atoms with Gasteiger partial charge in [0, 0.05) is 6.54 Å². The molecule has 0 saturated heterocycles. The largest absolute Gasteiger partial charge is 0.393 e. The van der Waals surface area contributed by atoms with Gasteiger partial charge >= 0.3 is 0 Å². The number of nitrogens with zero attached hydrogens (tertiary/aromatic N) is 1. The molecule has 4 nitrogen and oxygen atoms in total. The maximum atomic E-state index is 12.2. The molecule has 100 valence electrons. The van der Waals surface area contributed by atoms with Crippen LogP contribution >= 0.6 is 0 Å². The molecule has 2 amide bonds. The van der Waals surface area contributed by atoms with Crippen LogP contribution in [-0.4, -0.2) is 34.5 Å². The fourth-order valence-corrected chi connectivity index (χ4v) is 3.09. The van der Waals surface area contributed by atoms with E-state index in [0.717, 1.165) is 19.3 Å². The Kier molecular flexibility index (Phi) is 3.11. The fraction of sp³-hybridized carbons (Fsp3) is 0.467. The highest BCUT2D eigenvalue weighted by molar-refractivity contribution is 6.21. The lowest BCUT2D eigenvalue weighted by Crippen LogP contribution is -2.37. The molecule has 2 aliphatic rings. The number of rotatable bonds is 2. The van der Waals surface area contributed by atoms with E-state index >= 15 is 0 Å². The number of benzene rings is 1. The van der Waals surface area contributed by atoms with Crippen molar-refractivity contribution in [2.75, 3.05) is 6.54 Å². The Morgan fingerprint density at radius 2 is 1.74 bits per heavy atom. The first-order chi connectivity index (χ1) is 9.16. The van der Waals surface area contributed by atoms with Crippen molar-refractivity contribution in [1.82, 2.24) is 4.90 Å². The number of hydrogen-bond acceptors (Lipinski definition) is 3.